The summed E-state index contributed by atoms with van der Waals surface area (Å²) in [5, 5.41) is 43.0. The first-order valence-corrected chi connectivity index (χ1v) is 32.8. The first-order valence-electron chi connectivity index (χ1n) is 32.8. The summed E-state index contributed by atoms with van der Waals surface area (Å²) < 4.78 is 0. The molecule has 0 aliphatic rings. The number of guanidine groups is 4. The fourth-order valence-corrected chi connectivity index (χ4v) is 9.83. The maximum Gasteiger partial charge on any atom is 0.326 e. The van der Waals surface area contributed by atoms with Crippen molar-refractivity contribution in [1.29, 1.82) is 0 Å². The number of carbonyl (C=O) groups excluding carboxylic acids is 7. The average molecular weight is 1290 g/mol. The smallest absolute Gasteiger partial charge is 0.326 e. The molecule has 9 atom stereocenters. The van der Waals surface area contributed by atoms with Crippen LogP contribution in [0.4, 0.5) is 0 Å². The molecule has 1 unspecified atom stereocenters. The van der Waals surface area contributed by atoms with Crippen molar-refractivity contribution in [3.63, 3.8) is 0 Å². The van der Waals surface area contributed by atoms with Crippen molar-refractivity contribution < 1.29 is 48.6 Å². The summed E-state index contributed by atoms with van der Waals surface area (Å²) in [7, 11) is 0. The first-order chi connectivity index (χ1) is 43.1. The van der Waals surface area contributed by atoms with Crippen LogP contribution in [0.2, 0.25) is 0 Å². The summed E-state index contributed by atoms with van der Waals surface area (Å²) >= 11 is 0. The van der Waals surface area contributed by atoms with E-state index >= 15 is 0 Å². The monoisotopic (exact) mass is 1290 g/mol. The van der Waals surface area contributed by atoms with Crippen LogP contribution in [0, 0.1) is 11.8 Å². The number of carboxylic acid groups (broad SMARTS) is 1. The van der Waals surface area contributed by atoms with Crippen LogP contribution in [-0.4, -0.2) is 175 Å². The van der Waals surface area contributed by atoms with Crippen LogP contribution in [0.3, 0.4) is 0 Å². The van der Waals surface area contributed by atoms with Gasteiger partial charge in [-0.1, -0.05) is 105 Å². The molecule has 0 aliphatic carbocycles. The van der Waals surface area contributed by atoms with Crippen molar-refractivity contribution in [2.45, 2.75) is 257 Å². The maximum atomic E-state index is 14.4. The van der Waals surface area contributed by atoms with E-state index in [4.69, 9.17) is 51.6 Å². The Morgan fingerprint density at radius 1 is 0.363 bits per heavy atom. The number of amides is 7. The number of aliphatic hydroxyl groups is 1. The zero-order valence-corrected chi connectivity index (χ0v) is 55.4. The first kappa shape index (κ1) is 83.7. The molecule has 0 aromatic heterocycles. The van der Waals surface area contributed by atoms with Crippen molar-refractivity contribution in [3.05, 3.63) is 0 Å². The van der Waals surface area contributed by atoms with Gasteiger partial charge in [-0.05, 0) is 122 Å². The SMILES string of the molecule is CCCCCCCCCCCCCCN[C@@H](CCCN=C(N)N)C(=O)N[C@@H](CCCCN)C(=O)N[C@@H](CCCN=C(N)N)C(=O)N[C@H](C(=O)N[C@@H](CC(C)C)C(=O)N[C@@H](CCCN=C(N)N)C(=O)N[C@@H](CCCN=C(N)N)C(=O)N[C@@H](CC(C)C)C(=O)O)C(C)O. The Balaban J connectivity index is 6.86. The van der Waals surface area contributed by atoms with Crippen LogP contribution in [0.25, 0.3) is 0 Å². The second-order valence-electron chi connectivity index (χ2n) is 24.2. The number of nitrogens with one attached hydrogen (secondary N) is 8. The number of nitrogens with two attached hydrogens (primary N) is 9. The number of aliphatic imine (C=N–C) groups is 4. The molecule has 0 saturated heterocycles. The third-order valence-electron chi connectivity index (χ3n) is 14.7. The van der Waals surface area contributed by atoms with Gasteiger partial charge in [-0.2, -0.15) is 0 Å². The van der Waals surface area contributed by atoms with Gasteiger partial charge in [0.05, 0.1) is 12.1 Å². The highest BCUT2D eigenvalue weighted by Gasteiger charge is 2.36. The fourth-order valence-electron chi connectivity index (χ4n) is 9.83. The number of aliphatic hydroxyl groups excluding tert-OH is 1. The molecule has 0 fully saturated rings. The number of aliphatic carboxylic acids is 1. The van der Waals surface area contributed by atoms with Gasteiger partial charge in [-0.15, -0.1) is 0 Å². The lowest BCUT2D eigenvalue weighted by atomic mass is 10.0. The number of nitrogens with zero attached hydrogens (tertiary/aromatic N) is 4. The number of rotatable bonds is 54. The zero-order chi connectivity index (χ0) is 68.7. The molecule has 0 spiro atoms. The summed E-state index contributed by atoms with van der Waals surface area (Å²) in [6.45, 7) is 11.8. The highest BCUT2D eigenvalue weighted by atomic mass is 16.4. The van der Waals surface area contributed by atoms with Crippen LogP contribution in [0.1, 0.15) is 202 Å². The van der Waals surface area contributed by atoms with Crippen LogP contribution < -0.4 is 94.1 Å². The molecule has 0 aliphatic heterocycles. The summed E-state index contributed by atoms with van der Waals surface area (Å²) in [6, 6.07) is -10.4. The van der Waals surface area contributed by atoms with E-state index in [0.29, 0.717) is 38.8 Å². The number of unbranched alkanes of at least 4 members (excludes halogenated alkanes) is 12. The van der Waals surface area contributed by atoms with Gasteiger partial charge in [-0.25, -0.2) is 4.79 Å². The van der Waals surface area contributed by atoms with E-state index in [9.17, 15) is 48.6 Å². The molecule has 0 aromatic carbocycles. The third kappa shape index (κ3) is 42.4. The van der Waals surface area contributed by atoms with Gasteiger partial charge in [0.1, 0.15) is 42.3 Å². The predicted molar refractivity (Wildman–Crippen MR) is 357 cm³/mol. The van der Waals surface area contributed by atoms with E-state index in [1.165, 1.54) is 58.3 Å². The molecule has 7 amide bonds. The third-order valence-corrected chi connectivity index (χ3v) is 14.7. The fraction of sp³-hybridized carbons (Fsp3) is 0.800. The van der Waals surface area contributed by atoms with Gasteiger partial charge < -0.3 is 104 Å². The minimum Gasteiger partial charge on any atom is -0.480 e. The van der Waals surface area contributed by atoms with Crippen molar-refractivity contribution in [3.8, 4) is 0 Å². The molecule has 0 bridgehead atoms. The lowest BCUT2D eigenvalue weighted by molar-refractivity contribution is -0.143. The molecule has 0 saturated carbocycles. The highest BCUT2D eigenvalue weighted by Crippen LogP contribution is 2.15. The molecule has 0 aromatic rings. The van der Waals surface area contributed by atoms with Crippen LogP contribution in [0.15, 0.2) is 20.0 Å². The Morgan fingerprint density at radius 2 is 0.659 bits per heavy atom. The molecular weight excluding hydrogens is 1170 g/mol. The highest BCUT2D eigenvalue weighted by molar-refractivity contribution is 5.98. The number of hydrogen-bond donors (Lipinski definition) is 19. The summed E-state index contributed by atoms with van der Waals surface area (Å²) in [5.74, 6) is -8.04. The molecule has 0 heterocycles. The zero-order valence-electron chi connectivity index (χ0n) is 55.4. The minimum atomic E-state index is -1.73. The number of carboxylic acids is 1. The van der Waals surface area contributed by atoms with E-state index in [-0.39, 0.29) is 120 Å². The average Bonchev–Trinajstić information content (AvgIpc) is 1.09. The summed E-state index contributed by atoms with van der Waals surface area (Å²) in [5.41, 5.74) is 50.2. The molecule has 28 N–H and O–H groups in total. The summed E-state index contributed by atoms with van der Waals surface area (Å²) in [4.78, 5) is 128. The number of carbonyl (C=O) groups is 8. The second-order valence-corrected chi connectivity index (χ2v) is 24.2. The van der Waals surface area contributed by atoms with E-state index < -0.39 is 102 Å². The Kier molecular flexibility index (Phi) is 46.3. The maximum absolute atomic E-state index is 14.4. The van der Waals surface area contributed by atoms with Crippen LogP contribution in [0.5, 0.6) is 0 Å². The van der Waals surface area contributed by atoms with Crippen molar-refractivity contribution in [1.82, 2.24) is 42.5 Å². The standard InChI is InChI=1S/C60H119N21O10/c1-7-8-9-10-11-12-13-14-15-16-17-20-31-70-41(26-21-32-71-57(62)63)49(83)75-42(25-18-19-30-61)50(84)77-45(29-24-35-74-60(68)69)53(87)81-48(40(6)82)55(89)79-46(36-38(2)3)54(88)78-43(27-22-33-72-58(64)65)51(85)76-44(28-23-34-73-59(66)67)52(86)80-47(56(90)91)37-39(4)5/h38-48,70,82H,7-37,61H2,1-6H3,(H,75,83)(H,76,85)(H,77,84)(H,78,88)(H,79,89)(H,80,86)(H,81,87)(H,90,91)(H4,62,63,71)(H4,64,65,72)(H4,66,67,73)(H4,68,69,74)/t40?,41-,42-,43-,44-,45-,46-,47-,48-/m0/s1. The molecular formula is C60H119N21O10. The Morgan fingerprint density at radius 3 is 1.00 bits per heavy atom. The van der Waals surface area contributed by atoms with Gasteiger partial charge in [0, 0.05) is 26.2 Å². The van der Waals surface area contributed by atoms with E-state index in [1.54, 1.807) is 27.7 Å². The Labute approximate surface area is 539 Å². The van der Waals surface area contributed by atoms with Crippen molar-refractivity contribution >= 4 is 71.2 Å². The topological polar surface area (TPSA) is 557 Å². The molecule has 31 nitrogen and oxygen atoms in total. The summed E-state index contributed by atoms with van der Waals surface area (Å²) in [6.07, 6.45) is 14.7. The van der Waals surface area contributed by atoms with Gasteiger partial charge in [0.15, 0.2) is 23.8 Å². The normalized spacial score (nSPS) is 14.1. The van der Waals surface area contributed by atoms with Crippen molar-refractivity contribution in [2.24, 2.45) is 83.4 Å². The molecule has 0 radical (unpaired) electrons. The van der Waals surface area contributed by atoms with Gasteiger partial charge in [-0.3, -0.25) is 53.5 Å². The molecule has 0 rings (SSSR count). The minimum absolute atomic E-state index is 0.0184. The quantitative estimate of drug-likeness (QED) is 0.0196. The van der Waals surface area contributed by atoms with Gasteiger partial charge in [0.25, 0.3) is 0 Å². The van der Waals surface area contributed by atoms with E-state index in [0.717, 1.165) is 25.7 Å². The number of hydrogen-bond acceptors (Lipinski definition) is 15. The van der Waals surface area contributed by atoms with Crippen LogP contribution in [-0.2, 0) is 38.4 Å². The van der Waals surface area contributed by atoms with Crippen LogP contribution >= 0.6 is 0 Å². The largest absolute Gasteiger partial charge is 0.480 e. The van der Waals surface area contributed by atoms with Gasteiger partial charge >= 0.3 is 5.97 Å². The van der Waals surface area contributed by atoms with E-state index in [2.05, 4.69) is 69.4 Å². The Hall–Kier alpha value is -7.28. The van der Waals surface area contributed by atoms with Crippen molar-refractivity contribution in [2.75, 3.05) is 39.3 Å². The Bertz CT molecular complexity index is 2240. The lowest BCUT2D eigenvalue weighted by Gasteiger charge is -2.29. The lowest BCUT2D eigenvalue weighted by Crippen LogP contribution is -2.62. The predicted octanol–water partition coefficient (Wildman–Crippen LogP) is -1.06. The molecule has 31 heteroatoms. The molecule has 91 heavy (non-hydrogen) atoms. The van der Waals surface area contributed by atoms with E-state index in [1.807, 2.05) is 0 Å². The van der Waals surface area contributed by atoms with Gasteiger partial charge in [0.2, 0.25) is 41.4 Å². The second kappa shape index (κ2) is 50.4. The molecule has 524 valence electrons.